The number of carbonyl (C=O) groups excluding carboxylic acids is 3. The van der Waals surface area contributed by atoms with Gasteiger partial charge in [-0.2, -0.15) is 0 Å². The van der Waals surface area contributed by atoms with Crippen LogP contribution in [0.15, 0.2) is 55.6 Å². The molecule has 0 aliphatic carbocycles. The van der Waals surface area contributed by atoms with Crippen molar-refractivity contribution < 1.29 is 24.2 Å². The molecule has 3 saturated heterocycles. The lowest BCUT2D eigenvalue weighted by molar-refractivity contribution is -0.155. The number of nitrogens with zero attached hydrogens (tertiary/aromatic N) is 2. The number of aliphatic hydroxyl groups excluding tert-OH is 1. The third-order valence-corrected chi connectivity index (χ3v) is 11.2. The predicted molar refractivity (Wildman–Crippen MR) is 163 cm³/mol. The Kier molecular flexibility index (Phi) is 10.8. The largest absolute Gasteiger partial charge is 0.465 e. The summed E-state index contributed by atoms with van der Waals surface area (Å²) >= 11 is 1.65. The van der Waals surface area contributed by atoms with Gasteiger partial charge in [-0.1, -0.05) is 69.2 Å². The first-order valence-corrected chi connectivity index (χ1v) is 16.1. The lowest BCUT2D eigenvalue weighted by atomic mass is 9.66. The fraction of sp³-hybridized carbons (Fsp3) is 0.606. The standard InChI is InChI=1S/C33H46N2O5S/c1-5-8-13-18-34(17-7-3)31(38)29-33-23(4)20-26(41-33)27(32(39)40-19-14-9-6-2)28(33)30(37)35(29)25(22-36)21-24-15-11-10-12-16-24/h6-7,10-12,15-16,23,25-29,36H,2-3,5,8-9,13-14,17-22H2,1,4H3/t23?,25-,26+,27-,28+,29?,33?/m1/s1. The minimum atomic E-state index is -0.772. The average molecular weight is 583 g/mol. The fourth-order valence-electron chi connectivity index (χ4n) is 7.21. The molecule has 0 aromatic heterocycles. The molecule has 1 spiro atoms. The van der Waals surface area contributed by atoms with Crippen LogP contribution in [0.5, 0.6) is 0 Å². The lowest BCUT2D eigenvalue weighted by Gasteiger charge is -2.42. The molecule has 3 aliphatic rings. The molecule has 1 aromatic carbocycles. The third-order valence-electron chi connectivity index (χ3n) is 9.10. The third kappa shape index (κ3) is 6.00. The molecule has 1 aromatic rings. The summed E-state index contributed by atoms with van der Waals surface area (Å²) in [5.74, 6) is -1.87. The number of allylic oxidation sites excluding steroid dienone is 1. The van der Waals surface area contributed by atoms with Gasteiger partial charge in [-0.3, -0.25) is 14.4 Å². The molecule has 7 nitrogen and oxygen atoms in total. The molecule has 0 radical (unpaired) electrons. The average Bonchev–Trinajstić information content (AvgIpc) is 3.57. The zero-order valence-electron chi connectivity index (χ0n) is 24.6. The van der Waals surface area contributed by atoms with E-state index in [1.807, 2.05) is 35.2 Å². The van der Waals surface area contributed by atoms with Crippen LogP contribution >= 0.6 is 11.8 Å². The van der Waals surface area contributed by atoms with E-state index >= 15 is 0 Å². The van der Waals surface area contributed by atoms with Crippen LogP contribution in [0, 0.1) is 17.8 Å². The van der Waals surface area contributed by atoms with Crippen molar-refractivity contribution in [1.29, 1.82) is 0 Å². The van der Waals surface area contributed by atoms with Crippen molar-refractivity contribution in [3.63, 3.8) is 0 Å². The van der Waals surface area contributed by atoms with Crippen molar-refractivity contribution in [3.8, 4) is 0 Å². The van der Waals surface area contributed by atoms with Crippen molar-refractivity contribution in [3.05, 3.63) is 61.2 Å². The number of thioether (sulfide) groups is 1. The summed E-state index contributed by atoms with van der Waals surface area (Å²) in [5.41, 5.74) is 0.981. The first-order valence-electron chi connectivity index (χ1n) is 15.2. The number of carbonyl (C=O) groups is 3. The highest BCUT2D eigenvalue weighted by atomic mass is 32.2. The number of ether oxygens (including phenoxy) is 1. The van der Waals surface area contributed by atoms with Crippen LogP contribution < -0.4 is 0 Å². The second-order valence-electron chi connectivity index (χ2n) is 11.7. The van der Waals surface area contributed by atoms with Gasteiger partial charge in [-0.15, -0.1) is 24.9 Å². The number of hydrogen-bond donors (Lipinski definition) is 1. The zero-order valence-corrected chi connectivity index (χ0v) is 25.4. The molecular formula is C33H46N2O5S. The Bertz CT molecular complexity index is 1100. The Balaban J connectivity index is 1.74. The lowest BCUT2D eigenvalue weighted by Crippen LogP contribution is -2.59. The molecule has 0 saturated carbocycles. The predicted octanol–water partition coefficient (Wildman–Crippen LogP) is 4.64. The molecule has 3 fully saturated rings. The van der Waals surface area contributed by atoms with Crippen molar-refractivity contribution in [2.75, 3.05) is 26.3 Å². The monoisotopic (exact) mass is 582 g/mol. The molecule has 2 amide bonds. The molecule has 3 unspecified atom stereocenters. The topological polar surface area (TPSA) is 87.2 Å². The number of amides is 2. The van der Waals surface area contributed by atoms with Gasteiger partial charge in [0.15, 0.2) is 0 Å². The minimum Gasteiger partial charge on any atom is -0.465 e. The van der Waals surface area contributed by atoms with Gasteiger partial charge >= 0.3 is 5.97 Å². The number of likely N-dealkylation sites (tertiary alicyclic amines) is 1. The summed E-state index contributed by atoms with van der Waals surface area (Å²) in [6, 6.07) is 8.38. The van der Waals surface area contributed by atoms with Gasteiger partial charge in [0.2, 0.25) is 11.8 Å². The SMILES string of the molecule is C=CCCCOC(=O)[C@@H]1[C@@H]2CC(C)C3(S2)C(C(=O)N(CC=C)CCCCC)N([C@@H](CO)Cc2ccccc2)C(=O)[C@H]13. The number of unbranched alkanes of at least 4 members (excludes halogenated alkanes) is 3. The maximum atomic E-state index is 14.6. The van der Waals surface area contributed by atoms with Crippen LogP contribution in [-0.2, 0) is 25.5 Å². The van der Waals surface area contributed by atoms with Gasteiger partial charge in [0.1, 0.15) is 6.04 Å². The Hall–Kier alpha value is -2.58. The first-order chi connectivity index (χ1) is 19.8. The van der Waals surface area contributed by atoms with E-state index in [9.17, 15) is 19.5 Å². The number of rotatable bonds is 16. The first kappa shape index (κ1) is 31.4. The van der Waals surface area contributed by atoms with E-state index in [0.717, 1.165) is 37.7 Å². The molecule has 3 aliphatic heterocycles. The summed E-state index contributed by atoms with van der Waals surface area (Å²) in [6.45, 7) is 12.8. The quantitative estimate of drug-likeness (QED) is 0.174. The normalized spacial score (nSPS) is 28.8. The van der Waals surface area contributed by atoms with Gasteiger partial charge in [0, 0.05) is 18.3 Å². The summed E-state index contributed by atoms with van der Waals surface area (Å²) in [5, 5.41) is 10.6. The second kappa shape index (κ2) is 14.1. The summed E-state index contributed by atoms with van der Waals surface area (Å²) in [4.78, 5) is 46.2. The van der Waals surface area contributed by atoms with Crippen LogP contribution in [0.25, 0.3) is 0 Å². The number of esters is 1. The Morgan fingerprint density at radius 2 is 1.98 bits per heavy atom. The Morgan fingerprint density at radius 3 is 2.63 bits per heavy atom. The number of hydrogen-bond acceptors (Lipinski definition) is 6. The van der Waals surface area contributed by atoms with Crippen LogP contribution in [0.1, 0.15) is 57.9 Å². The summed E-state index contributed by atoms with van der Waals surface area (Å²) in [7, 11) is 0. The highest BCUT2D eigenvalue weighted by molar-refractivity contribution is 8.02. The minimum absolute atomic E-state index is 0.0486. The number of benzene rings is 1. The molecule has 4 rings (SSSR count). The Labute approximate surface area is 249 Å². The van der Waals surface area contributed by atoms with Gasteiger partial charge in [0.25, 0.3) is 0 Å². The van der Waals surface area contributed by atoms with E-state index in [-0.39, 0.29) is 42.2 Å². The highest BCUT2D eigenvalue weighted by Gasteiger charge is 2.77. The van der Waals surface area contributed by atoms with Gasteiger partial charge in [0.05, 0.1) is 35.8 Å². The maximum absolute atomic E-state index is 14.6. The van der Waals surface area contributed by atoms with E-state index in [0.29, 0.717) is 25.9 Å². The van der Waals surface area contributed by atoms with Crippen molar-refractivity contribution in [2.24, 2.45) is 17.8 Å². The molecule has 41 heavy (non-hydrogen) atoms. The van der Waals surface area contributed by atoms with Crippen LogP contribution in [0.3, 0.4) is 0 Å². The molecule has 3 heterocycles. The molecule has 1 N–H and O–H groups in total. The van der Waals surface area contributed by atoms with Crippen LogP contribution in [-0.4, -0.2) is 81.1 Å². The summed E-state index contributed by atoms with van der Waals surface area (Å²) < 4.78 is 4.95. The fourth-order valence-corrected chi connectivity index (χ4v) is 9.60. The highest BCUT2D eigenvalue weighted by Crippen LogP contribution is 2.69. The smallest absolute Gasteiger partial charge is 0.310 e. The zero-order chi connectivity index (χ0) is 29.6. The van der Waals surface area contributed by atoms with Gasteiger partial charge in [-0.05, 0) is 43.6 Å². The van der Waals surface area contributed by atoms with Gasteiger partial charge < -0.3 is 19.6 Å². The van der Waals surface area contributed by atoms with E-state index in [1.165, 1.54) is 0 Å². The van der Waals surface area contributed by atoms with E-state index in [4.69, 9.17) is 4.74 Å². The van der Waals surface area contributed by atoms with Crippen molar-refractivity contribution in [2.45, 2.75) is 80.9 Å². The number of fused-ring (bicyclic) bond motifs is 1. The molecule has 224 valence electrons. The molecular weight excluding hydrogens is 536 g/mol. The molecule has 8 heteroatoms. The van der Waals surface area contributed by atoms with Crippen molar-refractivity contribution >= 4 is 29.5 Å². The van der Waals surface area contributed by atoms with Crippen molar-refractivity contribution in [1.82, 2.24) is 9.80 Å². The Morgan fingerprint density at radius 1 is 1.22 bits per heavy atom. The molecule has 2 bridgehead atoms. The van der Waals surface area contributed by atoms with E-state index in [1.54, 1.807) is 28.8 Å². The number of aliphatic hydroxyl groups is 1. The second-order valence-corrected chi connectivity index (χ2v) is 13.3. The molecule has 7 atom stereocenters. The van der Waals surface area contributed by atoms with E-state index < -0.39 is 28.7 Å². The van der Waals surface area contributed by atoms with Gasteiger partial charge in [-0.25, -0.2) is 0 Å². The maximum Gasteiger partial charge on any atom is 0.310 e. The van der Waals surface area contributed by atoms with E-state index in [2.05, 4.69) is 27.0 Å². The van der Waals surface area contributed by atoms with Crippen LogP contribution in [0.4, 0.5) is 0 Å². The van der Waals surface area contributed by atoms with Crippen LogP contribution in [0.2, 0.25) is 0 Å². The summed E-state index contributed by atoms with van der Waals surface area (Å²) in [6.07, 6.45) is 9.04.